The SMILES string of the molecule is O[C@H](CNc1ncccn1)CN1CCCCCC1. The lowest BCUT2D eigenvalue weighted by Gasteiger charge is -2.23. The molecule has 0 bridgehead atoms. The summed E-state index contributed by atoms with van der Waals surface area (Å²) in [5.41, 5.74) is 0. The second-order valence-corrected chi connectivity index (χ2v) is 4.82. The number of hydrogen-bond donors (Lipinski definition) is 2. The lowest BCUT2D eigenvalue weighted by Crippen LogP contribution is -2.36. The van der Waals surface area contributed by atoms with Crippen LogP contribution in [0.15, 0.2) is 18.5 Å². The Morgan fingerprint density at radius 3 is 2.50 bits per heavy atom. The summed E-state index contributed by atoms with van der Waals surface area (Å²) >= 11 is 0. The first-order valence-corrected chi connectivity index (χ1v) is 6.76. The van der Waals surface area contributed by atoms with Crippen LogP contribution in [-0.2, 0) is 0 Å². The number of nitrogens with one attached hydrogen (secondary N) is 1. The van der Waals surface area contributed by atoms with Gasteiger partial charge in [-0.05, 0) is 32.0 Å². The molecular formula is C13H22N4O. The Morgan fingerprint density at radius 1 is 1.17 bits per heavy atom. The van der Waals surface area contributed by atoms with Crippen LogP contribution in [0.2, 0.25) is 0 Å². The summed E-state index contributed by atoms with van der Waals surface area (Å²) in [7, 11) is 0. The molecule has 0 saturated carbocycles. The van der Waals surface area contributed by atoms with Crippen molar-refractivity contribution in [1.82, 2.24) is 14.9 Å². The predicted molar refractivity (Wildman–Crippen MR) is 71.4 cm³/mol. The lowest BCUT2D eigenvalue weighted by atomic mass is 10.2. The molecule has 5 heteroatoms. The van der Waals surface area contributed by atoms with E-state index >= 15 is 0 Å². The molecule has 2 rings (SSSR count). The molecule has 0 amide bonds. The smallest absolute Gasteiger partial charge is 0.222 e. The Labute approximate surface area is 108 Å². The van der Waals surface area contributed by atoms with Crippen molar-refractivity contribution in [3.8, 4) is 0 Å². The van der Waals surface area contributed by atoms with Gasteiger partial charge in [-0.2, -0.15) is 0 Å². The maximum absolute atomic E-state index is 9.99. The van der Waals surface area contributed by atoms with Crippen LogP contribution in [-0.4, -0.2) is 52.3 Å². The lowest BCUT2D eigenvalue weighted by molar-refractivity contribution is 0.124. The second kappa shape index (κ2) is 7.28. The second-order valence-electron chi connectivity index (χ2n) is 4.82. The zero-order chi connectivity index (χ0) is 12.6. The standard InChI is InChI=1S/C13H22N4O/c18-12(10-16-13-14-6-5-7-15-13)11-17-8-3-1-2-4-9-17/h5-7,12,18H,1-4,8-11H2,(H,14,15,16)/t12-/m1/s1. The summed E-state index contributed by atoms with van der Waals surface area (Å²) in [6, 6.07) is 1.78. The van der Waals surface area contributed by atoms with Gasteiger partial charge in [-0.25, -0.2) is 9.97 Å². The van der Waals surface area contributed by atoms with Gasteiger partial charge in [0.15, 0.2) is 0 Å². The van der Waals surface area contributed by atoms with Crippen molar-refractivity contribution in [1.29, 1.82) is 0 Å². The number of anilines is 1. The van der Waals surface area contributed by atoms with Crippen LogP contribution in [0.4, 0.5) is 5.95 Å². The highest BCUT2D eigenvalue weighted by atomic mass is 16.3. The highest BCUT2D eigenvalue weighted by Gasteiger charge is 2.13. The minimum absolute atomic E-state index is 0.369. The van der Waals surface area contributed by atoms with Gasteiger partial charge in [0.05, 0.1) is 6.10 Å². The number of rotatable bonds is 5. The Kier molecular flexibility index (Phi) is 5.36. The fourth-order valence-corrected chi connectivity index (χ4v) is 2.28. The van der Waals surface area contributed by atoms with Crippen LogP contribution >= 0.6 is 0 Å². The third-order valence-electron chi connectivity index (χ3n) is 3.23. The highest BCUT2D eigenvalue weighted by Crippen LogP contribution is 2.09. The van der Waals surface area contributed by atoms with Crippen molar-refractivity contribution in [3.63, 3.8) is 0 Å². The molecule has 2 heterocycles. The topological polar surface area (TPSA) is 61.3 Å². The van der Waals surface area contributed by atoms with Gasteiger partial charge in [-0.1, -0.05) is 12.8 Å². The highest BCUT2D eigenvalue weighted by molar-refractivity contribution is 5.22. The number of aliphatic hydroxyl groups is 1. The van der Waals surface area contributed by atoms with Gasteiger partial charge >= 0.3 is 0 Å². The Balaban J connectivity index is 1.69. The molecule has 1 saturated heterocycles. The minimum atomic E-state index is -0.369. The van der Waals surface area contributed by atoms with Gasteiger partial charge in [0, 0.05) is 25.5 Å². The number of β-amino-alcohol motifs (C(OH)–C–C–N with tert-alkyl or cyclic N) is 1. The monoisotopic (exact) mass is 250 g/mol. The summed E-state index contributed by atoms with van der Waals surface area (Å²) in [5, 5.41) is 13.0. The Hall–Kier alpha value is -1.20. The van der Waals surface area contributed by atoms with Crippen molar-refractivity contribution in [2.45, 2.75) is 31.8 Å². The van der Waals surface area contributed by atoms with Crippen LogP contribution in [0.5, 0.6) is 0 Å². The molecule has 1 atom stereocenters. The van der Waals surface area contributed by atoms with Crippen LogP contribution < -0.4 is 5.32 Å². The van der Waals surface area contributed by atoms with E-state index in [2.05, 4.69) is 20.2 Å². The van der Waals surface area contributed by atoms with Gasteiger partial charge < -0.3 is 15.3 Å². The van der Waals surface area contributed by atoms with E-state index in [-0.39, 0.29) is 6.10 Å². The molecule has 18 heavy (non-hydrogen) atoms. The van der Waals surface area contributed by atoms with Crippen LogP contribution in [0.25, 0.3) is 0 Å². The molecular weight excluding hydrogens is 228 g/mol. The van der Waals surface area contributed by atoms with Crippen LogP contribution in [0.1, 0.15) is 25.7 Å². The van der Waals surface area contributed by atoms with Crippen molar-refractivity contribution < 1.29 is 5.11 Å². The van der Waals surface area contributed by atoms with E-state index in [0.29, 0.717) is 12.5 Å². The summed E-state index contributed by atoms with van der Waals surface area (Å²) in [6.45, 7) is 3.46. The fraction of sp³-hybridized carbons (Fsp3) is 0.692. The average molecular weight is 250 g/mol. The number of nitrogens with zero attached hydrogens (tertiary/aromatic N) is 3. The molecule has 1 aliphatic rings. The largest absolute Gasteiger partial charge is 0.390 e. The summed E-state index contributed by atoms with van der Waals surface area (Å²) in [6.07, 6.45) is 8.16. The molecule has 0 unspecified atom stereocenters. The molecule has 0 spiro atoms. The zero-order valence-electron chi connectivity index (χ0n) is 10.8. The van der Waals surface area contributed by atoms with Gasteiger partial charge in [0.25, 0.3) is 0 Å². The number of hydrogen-bond acceptors (Lipinski definition) is 5. The number of aliphatic hydroxyl groups excluding tert-OH is 1. The summed E-state index contributed by atoms with van der Waals surface area (Å²) < 4.78 is 0. The van der Waals surface area contributed by atoms with Crippen molar-refractivity contribution in [2.75, 3.05) is 31.5 Å². The molecule has 1 aromatic heterocycles. The third-order valence-corrected chi connectivity index (χ3v) is 3.23. The Bertz CT molecular complexity index is 325. The Morgan fingerprint density at radius 2 is 1.83 bits per heavy atom. The third kappa shape index (κ3) is 4.58. The quantitative estimate of drug-likeness (QED) is 0.820. The predicted octanol–water partition coefficient (Wildman–Crippen LogP) is 1.13. The molecule has 0 aromatic carbocycles. The van der Waals surface area contributed by atoms with Gasteiger partial charge in [-0.3, -0.25) is 0 Å². The molecule has 0 radical (unpaired) electrons. The molecule has 0 aliphatic carbocycles. The fourth-order valence-electron chi connectivity index (χ4n) is 2.28. The normalized spacial score (nSPS) is 19.2. The summed E-state index contributed by atoms with van der Waals surface area (Å²) in [4.78, 5) is 10.5. The molecule has 100 valence electrons. The number of aromatic nitrogens is 2. The van der Waals surface area contributed by atoms with E-state index in [0.717, 1.165) is 19.6 Å². The molecule has 2 N–H and O–H groups in total. The van der Waals surface area contributed by atoms with E-state index in [1.54, 1.807) is 18.5 Å². The molecule has 1 fully saturated rings. The van der Waals surface area contributed by atoms with Crippen LogP contribution in [0, 0.1) is 0 Å². The first-order valence-electron chi connectivity index (χ1n) is 6.76. The average Bonchev–Trinajstić information content (AvgIpc) is 2.66. The maximum Gasteiger partial charge on any atom is 0.222 e. The first-order chi connectivity index (χ1) is 8.84. The molecule has 1 aliphatic heterocycles. The first kappa shape index (κ1) is 13.2. The van der Waals surface area contributed by atoms with Crippen molar-refractivity contribution in [2.24, 2.45) is 0 Å². The van der Waals surface area contributed by atoms with Gasteiger partial charge in [0.2, 0.25) is 5.95 Å². The van der Waals surface area contributed by atoms with E-state index in [9.17, 15) is 5.11 Å². The van der Waals surface area contributed by atoms with Gasteiger partial charge in [0.1, 0.15) is 0 Å². The van der Waals surface area contributed by atoms with Gasteiger partial charge in [-0.15, -0.1) is 0 Å². The van der Waals surface area contributed by atoms with Crippen molar-refractivity contribution in [3.05, 3.63) is 18.5 Å². The van der Waals surface area contributed by atoms with E-state index in [1.807, 2.05) is 0 Å². The van der Waals surface area contributed by atoms with E-state index in [4.69, 9.17) is 0 Å². The number of likely N-dealkylation sites (tertiary alicyclic amines) is 1. The van der Waals surface area contributed by atoms with E-state index < -0.39 is 0 Å². The molecule has 1 aromatic rings. The molecule has 5 nitrogen and oxygen atoms in total. The summed E-state index contributed by atoms with van der Waals surface area (Å²) in [5.74, 6) is 0.576. The maximum atomic E-state index is 9.99. The minimum Gasteiger partial charge on any atom is -0.390 e. The zero-order valence-corrected chi connectivity index (χ0v) is 10.8. The van der Waals surface area contributed by atoms with E-state index in [1.165, 1.54) is 25.7 Å². The van der Waals surface area contributed by atoms with Crippen LogP contribution in [0.3, 0.4) is 0 Å². The van der Waals surface area contributed by atoms with Crippen molar-refractivity contribution >= 4 is 5.95 Å².